The van der Waals surface area contributed by atoms with Crippen molar-refractivity contribution in [3.8, 4) is 0 Å². The summed E-state index contributed by atoms with van der Waals surface area (Å²) in [6, 6.07) is 0. The highest BCUT2D eigenvalue weighted by atomic mass is 16.6. The van der Waals surface area contributed by atoms with Crippen molar-refractivity contribution in [1.29, 1.82) is 0 Å². The number of ether oxygens (including phenoxy) is 4. The molecule has 10 heteroatoms. The molecule has 1 aliphatic carbocycles. The fourth-order valence-corrected chi connectivity index (χ4v) is 2.61. The number of nitrogens with one attached hydrogen (secondary N) is 2. The maximum Gasteiger partial charge on any atom is 0.407 e. The molecule has 0 aromatic heterocycles. The van der Waals surface area contributed by atoms with E-state index >= 15 is 0 Å². The van der Waals surface area contributed by atoms with E-state index in [1.165, 1.54) is 0 Å². The molecular formula is C22H36N2O8. The third kappa shape index (κ3) is 17.3. The molecule has 1 unspecified atom stereocenters. The lowest BCUT2D eigenvalue weighted by atomic mass is 10.0. The SMILES string of the molecule is O=C(O)CCC(=O)NCCCOCCOCCOCCCNC(=O)OCC1C=CC=CC1. The molecule has 1 aliphatic rings. The van der Waals surface area contributed by atoms with Crippen LogP contribution in [0.2, 0.25) is 0 Å². The number of rotatable bonds is 19. The molecular weight excluding hydrogens is 420 g/mol. The molecule has 32 heavy (non-hydrogen) atoms. The number of amides is 2. The van der Waals surface area contributed by atoms with Gasteiger partial charge >= 0.3 is 12.1 Å². The van der Waals surface area contributed by atoms with Crippen LogP contribution >= 0.6 is 0 Å². The zero-order valence-corrected chi connectivity index (χ0v) is 18.6. The van der Waals surface area contributed by atoms with Gasteiger partial charge in [0, 0.05) is 38.6 Å². The lowest BCUT2D eigenvalue weighted by Gasteiger charge is -2.13. The first-order chi connectivity index (χ1) is 15.6. The van der Waals surface area contributed by atoms with E-state index in [0.717, 1.165) is 6.42 Å². The largest absolute Gasteiger partial charge is 0.481 e. The quantitative estimate of drug-likeness (QED) is 0.250. The van der Waals surface area contributed by atoms with E-state index in [-0.39, 0.29) is 24.7 Å². The molecule has 3 N–H and O–H groups in total. The summed E-state index contributed by atoms with van der Waals surface area (Å²) >= 11 is 0. The van der Waals surface area contributed by atoms with Crippen LogP contribution in [-0.2, 0) is 28.5 Å². The van der Waals surface area contributed by atoms with Gasteiger partial charge in [0.25, 0.3) is 0 Å². The predicted octanol–water partition coefficient (Wildman–Crippen LogP) is 1.66. The van der Waals surface area contributed by atoms with Gasteiger partial charge in [-0.25, -0.2) is 4.79 Å². The lowest BCUT2D eigenvalue weighted by molar-refractivity contribution is -0.138. The second kappa shape index (κ2) is 19.3. The number of carboxylic acids is 1. The van der Waals surface area contributed by atoms with Crippen molar-refractivity contribution >= 4 is 18.0 Å². The van der Waals surface area contributed by atoms with E-state index < -0.39 is 12.1 Å². The molecule has 0 aromatic rings. The Kier molecular flexibility index (Phi) is 16.6. The Morgan fingerprint density at radius 3 is 2.06 bits per heavy atom. The first-order valence-corrected chi connectivity index (χ1v) is 11.0. The maximum absolute atomic E-state index is 11.6. The van der Waals surface area contributed by atoms with Gasteiger partial charge in [0.2, 0.25) is 5.91 Å². The van der Waals surface area contributed by atoms with Crippen molar-refractivity contribution in [1.82, 2.24) is 10.6 Å². The van der Waals surface area contributed by atoms with Crippen LogP contribution in [-0.4, -0.2) is 82.4 Å². The zero-order valence-electron chi connectivity index (χ0n) is 18.6. The average molecular weight is 457 g/mol. The lowest BCUT2D eigenvalue weighted by Crippen LogP contribution is -2.28. The fourth-order valence-electron chi connectivity index (χ4n) is 2.61. The van der Waals surface area contributed by atoms with Crippen molar-refractivity contribution in [2.24, 2.45) is 5.92 Å². The van der Waals surface area contributed by atoms with Crippen LogP contribution in [0.4, 0.5) is 4.79 Å². The number of alkyl carbamates (subject to hydrolysis) is 1. The summed E-state index contributed by atoms with van der Waals surface area (Å²) in [7, 11) is 0. The van der Waals surface area contributed by atoms with Crippen LogP contribution in [0.3, 0.4) is 0 Å². The normalized spacial score (nSPS) is 14.8. The second-order valence-corrected chi connectivity index (χ2v) is 7.12. The molecule has 0 bridgehead atoms. The number of carboxylic acid groups (broad SMARTS) is 1. The van der Waals surface area contributed by atoms with Crippen molar-refractivity contribution in [2.45, 2.75) is 32.1 Å². The molecule has 2 amide bonds. The molecule has 0 radical (unpaired) electrons. The minimum Gasteiger partial charge on any atom is -0.481 e. The Balaban J connectivity index is 1.75. The van der Waals surface area contributed by atoms with Crippen LogP contribution in [0.15, 0.2) is 24.3 Å². The molecule has 10 nitrogen and oxygen atoms in total. The molecule has 0 aliphatic heterocycles. The Hall–Kier alpha value is -2.43. The molecule has 0 saturated carbocycles. The Morgan fingerprint density at radius 1 is 0.844 bits per heavy atom. The predicted molar refractivity (Wildman–Crippen MR) is 117 cm³/mol. The molecule has 0 aromatic carbocycles. The van der Waals surface area contributed by atoms with Gasteiger partial charge in [-0.15, -0.1) is 0 Å². The number of hydrogen-bond donors (Lipinski definition) is 3. The van der Waals surface area contributed by atoms with Crippen LogP contribution < -0.4 is 10.6 Å². The Bertz CT molecular complexity index is 594. The second-order valence-electron chi connectivity index (χ2n) is 7.12. The minimum absolute atomic E-state index is 0.00822. The highest BCUT2D eigenvalue weighted by Gasteiger charge is 2.09. The Labute approximate surface area is 189 Å². The topological polar surface area (TPSA) is 132 Å². The van der Waals surface area contributed by atoms with Gasteiger partial charge in [0.05, 0.1) is 39.5 Å². The van der Waals surface area contributed by atoms with Crippen molar-refractivity contribution in [3.05, 3.63) is 24.3 Å². The van der Waals surface area contributed by atoms with Gasteiger partial charge in [-0.2, -0.15) is 0 Å². The summed E-state index contributed by atoms with van der Waals surface area (Å²) in [5, 5.41) is 13.8. The molecule has 1 atom stereocenters. The molecule has 1 rings (SSSR count). The summed E-state index contributed by atoms with van der Waals surface area (Å²) in [4.78, 5) is 33.2. The first kappa shape index (κ1) is 27.6. The standard InChI is InChI=1S/C22H36N2O8/c25-20(8-9-21(26)27)23-10-4-12-29-14-16-31-17-15-30-13-5-11-24-22(28)32-18-19-6-2-1-3-7-19/h1-3,6,19H,4-5,7-18H2,(H,23,25)(H,24,28)(H,26,27). The zero-order chi connectivity index (χ0) is 23.3. The third-order valence-electron chi connectivity index (χ3n) is 4.33. The summed E-state index contributed by atoms with van der Waals surface area (Å²) in [6.45, 7) is 4.17. The average Bonchev–Trinajstić information content (AvgIpc) is 2.79. The number of hydrogen-bond acceptors (Lipinski definition) is 7. The van der Waals surface area contributed by atoms with Gasteiger partial charge in [0.1, 0.15) is 0 Å². The third-order valence-corrected chi connectivity index (χ3v) is 4.33. The van der Waals surface area contributed by atoms with Gasteiger partial charge in [-0.3, -0.25) is 9.59 Å². The highest BCUT2D eigenvalue weighted by Crippen LogP contribution is 2.11. The van der Waals surface area contributed by atoms with Crippen molar-refractivity contribution in [3.63, 3.8) is 0 Å². The molecule has 0 spiro atoms. The molecule has 0 saturated heterocycles. The molecule has 0 heterocycles. The van der Waals surface area contributed by atoms with Crippen molar-refractivity contribution in [2.75, 3.05) is 59.3 Å². The summed E-state index contributed by atoms with van der Waals surface area (Å²) < 4.78 is 21.4. The van der Waals surface area contributed by atoms with Gasteiger partial charge in [-0.1, -0.05) is 24.3 Å². The van der Waals surface area contributed by atoms with Crippen LogP contribution in [0.1, 0.15) is 32.1 Å². The minimum atomic E-state index is -0.982. The Morgan fingerprint density at radius 2 is 1.47 bits per heavy atom. The van der Waals surface area contributed by atoms with E-state index in [1.807, 2.05) is 18.2 Å². The smallest absolute Gasteiger partial charge is 0.407 e. The summed E-state index contributed by atoms with van der Waals surface area (Å²) in [5.74, 6) is -0.995. The maximum atomic E-state index is 11.6. The van der Waals surface area contributed by atoms with Crippen LogP contribution in [0.5, 0.6) is 0 Å². The first-order valence-electron chi connectivity index (χ1n) is 11.0. The number of allylic oxidation sites excluding steroid dienone is 3. The monoisotopic (exact) mass is 456 g/mol. The van der Waals surface area contributed by atoms with E-state index in [0.29, 0.717) is 72.2 Å². The number of carbonyl (C=O) groups is 3. The summed E-state index contributed by atoms with van der Waals surface area (Å²) in [6.07, 6.45) is 9.69. The van der Waals surface area contributed by atoms with Crippen LogP contribution in [0.25, 0.3) is 0 Å². The van der Waals surface area contributed by atoms with E-state index in [4.69, 9.17) is 24.1 Å². The fraction of sp³-hybridized carbons (Fsp3) is 0.682. The number of carbonyl (C=O) groups excluding carboxylic acids is 2. The highest BCUT2D eigenvalue weighted by molar-refractivity contribution is 5.80. The van der Waals surface area contributed by atoms with Gasteiger partial charge in [0.15, 0.2) is 0 Å². The number of aliphatic carboxylic acids is 1. The van der Waals surface area contributed by atoms with E-state index in [1.54, 1.807) is 0 Å². The van der Waals surface area contributed by atoms with E-state index in [2.05, 4.69) is 16.7 Å². The van der Waals surface area contributed by atoms with E-state index in [9.17, 15) is 14.4 Å². The van der Waals surface area contributed by atoms with Gasteiger partial charge < -0.3 is 34.7 Å². The molecule has 0 fully saturated rings. The van der Waals surface area contributed by atoms with Crippen LogP contribution in [0, 0.1) is 5.92 Å². The van der Waals surface area contributed by atoms with Gasteiger partial charge in [-0.05, 0) is 19.3 Å². The summed E-state index contributed by atoms with van der Waals surface area (Å²) in [5.41, 5.74) is 0. The van der Waals surface area contributed by atoms with Crippen molar-refractivity contribution < 1.29 is 38.4 Å². The molecule has 182 valence electrons.